The Morgan fingerprint density at radius 2 is 1.80 bits per heavy atom. The van der Waals surface area contributed by atoms with E-state index in [2.05, 4.69) is 24.5 Å². The lowest BCUT2D eigenvalue weighted by Gasteiger charge is -2.25. The summed E-state index contributed by atoms with van der Waals surface area (Å²) in [5.74, 6) is 1.06. The summed E-state index contributed by atoms with van der Waals surface area (Å²) in [7, 11) is 0. The molecule has 1 aliphatic carbocycles. The molecular formula is C13H28N2. The highest BCUT2D eigenvalue weighted by molar-refractivity contribution is 4.70. The van der Waals surface area contributed by atoms with Gasteiger partial charge in [0.25, 0.3) is 0 Å². The smallest absolute Gasteiger partial charge is 0.00103 e. The van der Waals surface area contributed by atoms with Crippen molar-refractivity contribution in [3.8, 4) is 0 Å². The van der Waals surface area contributed by atoms with Gasteiger partial charge < -0.3 is 10.6 Å². The highest BCUT2D eigenvalue weighted by Gasteiger charge is 2.15. The fourth-order valence-corrected chi connectivity index (χ4v) is 1.98. The quantitative estimate of drug-likeness (QED) is 0.574. The molecule has 0 unspecified atom stereocenters. The van der Waals surface area contributed by atoms with E-state index >= 15 is 0 Å². The number of hydrogen-bond acceptors (Lipinski definition) is 2. The van der Waals surface area contributed by atoms with E-state index in [9.17, 15) is 0 Å². The van der Waals surface area contributed by atoms with Crippen molar-refractivity contribution in [2.24, 2.45) is 5.92 Å². The largest absolute Gasteiger partial charge is 0.317 e. The van der Waals surface area contributed by atoms with Crippen LogP contribution in [0.1, 0.15) is 52.4 Å². The van der Waals surface area contributed by atoms with Gasteiger partial charge in [0.2, 0.25) is 0 Å². The van der Waals surface area contributed by atoms with Gasteiger partial charge in [-0.05, 0) is 44.8 Å². The lowest BCUT2D eigenvalue weighted by atomic mass is 9.83. The Balaban J connectivity index is 1.69. The molecule has 15 heavy (non-hydrogen) atoms. The Kier molecular flexibility index (Phi) is 7.03. The van der Waals surface area contributed by atoms with Crippen LogP contribution in [0.2, 0.25) is 0 Å². The third kappa shape index (κ3) is 6.91. The molecule has 0 saturated heterocycles. The minimum atomic E-state index is 0.636. The molecule has 1 aliphatic rings. The minimum absolute atomic E-state index is 0.636. The topological polar surface area (TPSA) is 24.1 Å². The van der Waals surface area contributed by atoms with Gasteiger partial charge in [0.1, 0.15) is 0 Å². The van der Waals surface area contributed by atoms with Crippen LogP contribution in [0.15, 0.2) is 0 Å². The first-order valence-corrected chi connectivity index (χ1v) is 6.73. The molecule has 0 atom stereocenters. The van der Waals surface area contributed by atoms with Crippen molar-refractivity contribution < 1.29 is 0 Å². The molecule has 0 aliphatic heterocycles. The average Bonchev–Trinajstić information content (AvgIpc) is 2.12. The highest BCUT2D eigenvalue weighted by Crippen LogP contribution is 2.28. The Morgan fingerprint density at radius 3 is 2.40 bits per heavy atom. The van der Waals surface area contributed by atoms with Gasteiger partial charge in [-0.2, -0.15) is 0 Å². The minimum Gasteiger partial charge on any atom is -0.317 e. The van der Waals surface area contributed by atoms with Gasteiger partial charge in [-0.15, -0.1) is 0 Å². The molecule has 1 rings (SSSR count). The van der Waals surface area contributed by atoms with Gasteiger partial charge in [0.05, 0.1) is 0 Å². The van der Waals surface area contributed by atoms with Crippen LogP contribution in [0.25, 0.3) is 0 Å². The molecule has 0 radical (unpaired) electrons. The third-order valence-electron chi connectivity index (χ3n) is 3.29. The summed E-state index contributed by atoms with van der Waals surface area (Å²) >= 11 is 0. The van der Waals surface area contributed by atoms with Crippen molar-refractivity contribution in [3.63, 3.8) is 0 Å². The Hall–Kier alpha value is -0.0800. The highest BCUT2D eigenvalue weighted by atomic mass is 14.9. The summed E-state index contributed by atoms with van der Waals surface area (Å²) in [5.41, 5.74) is 0. The summed E-state index contributed by atoms with van der Waals surface area (Å²) in [4.78, 5) is 0. The molecule has 0 bridgehead atoms. The van der Waals surface area contributed by atoms with Crippen molar-refractivity contribution >= 4 is 0 Å². The summed E-state index contributed by atoms with van der Waals surface area (Å²) in [6.45, 7) is 8.02. The van der Waals surface area contributed by atoms with E-state index in [0.29, 0.717) is 6.04 Å². The van der Waals surface area contributed by atoms with Crippen LogP contribution in [0.3, 0.4) is 0 Å². The summed E-state index contributed by atoms with van der Waals surface area (Å²) in [6.07, 6.45) is 8.47. The lowest BCUT2D eigenvalue weighted by Crippen LogP contribution is -2.25. The molecule has 2 N–H and O–H groups in total. The van der Waals surface area contributed by atoms with Gasteiger partial charge in [-0.3, -0.25) is 0 Å². The van der Waals surface area contributed by atoms with Gasteiger partial charge in [-0.25, -0.2) is 0 Å². The van der Waals surface area contributed by atoms with E-state index in [4.69, 9.17) is 0 Å². The van der Waals surface area contributed by atoms with E-state index in [1.165, 1.54) is 58.2 Å². The second-order valence-corrected chi connectivity index (χ2v) is 5.15. The zero-order valence-corrected chi connectivity index (χ0v) is 10.5. The molecule has 0 amide bonds. The standard InChI is InChI=1S/C13H28N2/c1-12(2)15-10-4-3-9-14-11-8-13-6-5-7-13/h12-15H,3-11H2,1-2H3. The van der Waals surface area contributed by atoms with Crippen molar-refractivity contribution in [1.29, 1.82) is 0 Å². The zero-order chi connectivity index (χ0) is 10.9. The maximum Gasteiger partial charge on any atom is 0.00103 e. The normalized spacial score (nSPS) is 17.0. The molecular weight excluding hydrogens is 184 g/mol. The molecule has 0 aromatic rings. The molecule has 0 aromatic carbocycles. The predicted molar refractivity (Wildman–Crippen MR) is 67.2 cm³/mol. The van der Waals surface area contributed by atoms with Crippen molar-refractivity contribution in [2.75, 3.05) is 19.6 Å². The fraction of sp³-hybridized carbons (Fsp3) is 1.00. The first kappa shape index (κ1) is 13.0. The molecule has 1 fully saturated rings. The Bertz CT molecular complexity index is 141. The van der Waals surface area contributed by atoms with Gasteiger partial charge in [0, 0.05) is 6.04 Å². The number of rotatable bonds is 9. The average molecular weight is 212 g/mol. The van der Waals surface area contributed by atoms with E-state index in [1.54, 1.807) is 0 Å². The second-order valence-electron chi connectivity index (χ2n) is 5.15. The van der Waals surface area contributed by atoms with Gasteiger partial charge in [0.15, 0.2) is 0 Å². The lowest BCUT2D eigenvalue weighted by molar-refractivity contribution is 0.292. The molecule has 0 aromatic heterocycles. The molecule has 2 nitrogen and oxygen atoms in total. The second kappa shape index (κ2) is 8.12. The summed E-state index contributed by atoms with van der Waals surface area (Å²) in [5, 5.41) is 6.99. The van der Waals surface area contributed by atoms with E-state index in [1.807, 2.05) is 0 Å². The molecule has 90 valence electrons. The SMILES string of the molecule is CC(C)NCCCCNCCC1CCC1. The first-order valence-electron chi connectivity index (χ1n) is 6.73. The number of nitrogens with one attached hydrogen (secondary N) is 2. The molecule has 0 heterocycles. The van der Waals surface area contributed by atoms with Crippen LogP contribution in [0.4, 0.5) is 0 Å². The summed E-state index contributed by atoms with van der Waals surface area (Å²) < 4.78 is 0. The maximum atomic E-state index is 3.54. The van der Waals surface area contributed by atoms with Crippen LogP contribution in [-0.2, 0) is 0 Å². The van der Waals surface area contributed by atoms with Crippen molar-refractivity contribution in [3.05, 3.63) is 0 Å². The Labute approximate surface area is 95.2 Å². The van der Waals surface area contributed by atoms with E-state index in [0.717, 1.165) is 5.92 Å². The third-order valence-corrected chi connectivity index (χ3v) is 3.29. The first-order chi connectivity index (χ1) is 7.29. The Morgan fingerprint density at radius 1 is 1.07 bits per heavy atom. The fourth-order valence-electron chi connectivity index (χ4n) is 1.98. The predicted octanol–water partition coefficient (Wildman–Crippen LogP) is 2.54. The van der Waals surface area contributed by atoms with Gasteiger partial charge >= 0.3 is 0 Å². The van der Waals surface area contributed by atoms with Crippen LogP contribution < -0.4 is 10.6 Å². The van der Waals surface area contributed by atoms with Crippen LogP contribution in [0.5, 0.6) is 0 Å². The van der Waals surface area contributed by atoms with E-state index < -0.39 is 0 Å². The molecule has 0 spiro atoms. The summed E-state index contributed by atoms with van der Waals surface area (Å²) in [6, 6.07) is 0.636. The van der Waals surface area contributed by atoms with Gasteiger partial charge in [-0.1, -0.05) is 33.1 Å². The zero-order valence-electron chi connectivity index (χ0n) is 10.5. The van der Waals surface area contributed by atoms with E-state index in [-0.39, 0.29) is 0 Å². The number of hydrogen-bond donors (Lipinski definition) is 2. The number of unbranched alkanes of at least 4 members (excludes halogenated alkanes) is 1. The monoisotopic (exact) mass is 212 g/mol. The van der Waals surface area contributed by atoms with Crippen LogP contribution >= 0.6 is 0 Å². The maximum absolute atomic E-state index is 3.54. The molecule has 1 saturated carbocycles. The van der Waals surface area contributed by atoms with Crippen LogP contribution in [0, 0.1) is 5.92 Å². The van der Waals surface area contributed by atoms with Crippen LogP contribution in [-0.4, -0.2) is 25.7 Å². The van der Waals surface area contributed by atoms with Crippen molar-refractivity contribution in [1.82, 2.24) is 10.6 Å². The van der Waals surface area contributed by atoms with Crippen molar-refractivity contribution in [2.45, 2.75) is 58.4 Å². The molecule has 2 heteroatoms.